The number of rotatable bonds is 8. The van der Waals surface area contributed by atoms with Gasteiger partial charge in [-0.3, -0.25) is 4.79 Å². The third-order valence-electron chi connectivity index (χ3n) is 7.07. The number of hydrogen-bond donors (Lipinski definition) is 3. The van der Waals surface area contributed by atoms with Crippen LogP contribution in [0.4, 0.5) is 0 Å². The minimum Gasteiger partial charge on any atom is -0.467 e. The fourth-order valence-corrected chi connectivity index (χ4v) is 5.18. The third kappa shape index (κ3) is 5.89. The molecule has 0 saturated heterocycles. The van der Waals surface area contributed by atoms with Crippen LogP contribution in [0, 0.1) is 0 Å². The molecule has 3 aromatic rings. The van der Waals surface area contributed by atoms with Gasteiger partial charge in [-0.1, -0.05) is 61.0 Å². The quantitative estimate of drug-likeness (QED) is 0.419. The van der Waals surface area contributed by atoms with Crippen LogP contribution in [0.15, 0.2) is 66.7 Å². The summed E-state index contributed by atoms with van der Waals surface area (Å²) in [5.74, 6) is -0.651. The van der Waals surface area contributed by atoms with Crippen LogP contribution >= 0.6 is 0 Å². The average Bonchev–Trinajstić information content (AvgIpc) is 2.91. The number of carbonyl (C=O) groups is 2. The summed E-state index contributed by atoms with van der Waals surface area (Å²) in [4.78, 5) is 24.1. The largest absolute Gasteiger partial charge is 0.467 e. The van der Waals surface area contributed by atoms with E-state index >= 15 is 0 Å². The van der Waals surface area contributed by atoms with Crippen LogP contribution in [0.5, 0.6) is 0 Å². The van der Waals surface area contributed by atoms with Gasteiger partial charge in [-0.25, -0.2) is 4.79 Å². The predicted octanol–water partition coefficient (Wildman–Crippen LogP) is 4.48. The zero-order valence-electron chi connectivity index (χ0n) is 20.4. The van der Waals surface area contributed by atoms with Gasteiger partial charge in [-0.05, 0) is 66.1 Å². The highest BCUT2D eigenvalue weighted by Gasteiger charge is 2.26. The molecular formula is C29H34N2O4. The standard InChI is InChI=1S/C29H34N2O4/c1-19(25-12-6-8-21-7-3-4-11-26(21)25)30-24-10-5-9-23(17-24)20-13-15-22(16-14-20)28(33)31-27(18-32)29(34)35-2/h3-4,6-8,11-16,19,23-24,27,30,32H,5,9-10,17-18H2,1-2H3,(H,31,33)/t19-,23+,24+,27+/m1/s1. The van der Waals surface area contributed by atoms with Crippen molar-refractivity contribution in [2.75, 3.05) is 13.7 Å². The van der Waals surface area contributed by atoms with E-state index in [1.165, 1.54) is 29.0 Å². The molecular weight excluding hydrogens is 440 g/mol. The van der Waals surface area contributed by atoms with Gasteiger partial charge in [0.05, 0.1) is 13.7 Å². The van der Waals surface area contributed by atoms with Crippen LogP contribution in [0.2, 0.25) is 0 Å². The topological polar surface area (TPSA) is 87.7 Å². The number of ether oxygens (including phenoxy) is 1. The number of nitrogens with one attached hydrogen (secondary N) is 2. The van der Waals surface area contributed by atoms with Gasteiger partial charge in [-0.2, -0.15) is 0 Å². The monoisotopic (exact) mass is 474 g/mol. The highest BCUT2D eigenvalue weighted by Crippen LogP contribution is 2.34. The van der Waals surface area contributed by atoms with E-state index in [1.807, 2.05) is 12.1 Å². The molecule has 184 valence electrons. The molecule has 0 heterocycles. The molecule has 0 aliphatic heterocycles. The van der Waals surface area contributed by atoms with Crippen LogP contribution < -0.4 is 10.6 Å². The molecule has 1 aliphatic carbocycles. The number of carbonyl (C=O) groups excluding carboxylic acids is 2. The summed E-state index contributed by atoms with van der Waals surface area (Å²) in [6, 6.07) is 22.2. The normalized spacial score (nSPS) is 19.6. The second kappa shape index (κ2) is 11.5. The number of hydrogen-bond acceptors (Lipinski definition) is 5. The summed E-state index contributed by atoms with van der Waals surface area (Å²) >= 11 is 0. The number of benzene rings is 3. The number of amides is 1. The highest BCUT2D eigenvalue weighted by molar-refractivity contribution is 5.96. The molecule has 0 spiro atoms. The molecule has 1 saturated carbocycles. The molecule has 0 radical (unpaired) electrons. The molecule has 4 rings (SSSR count). The number of aliphatic hydroxyl groups is 1. The van der Waals surface area contributed by atoms with E-state index in [0.29, 0.717) is 17.5 Å². The van der Waals surface area contributed by atoms with Gasteiger partial charge in [0.1, 0.15) is 0 Å². The summed E-state index contributed by atoms with van der Waals surface area (Å²) in [6.07, 6.45) is 4.49. The van der Waals surface area contributed by atoms with Crippen LogP contribution in [0.25, 0.3) is 10.8 Å². The van der Waals surface area contributed by atoms with E-state index in [-0.39, 0.29) is 6.04 Å². The molecule has 4 atom stereocenters. The molecule has 6 heteroatoms. The molecule has 1 aliphatic rings. The molecule has 0 unspecified atom stereocenters. The Morgan fingerprint density at radius 3 is 2.51 bits per heavy atom. The summed E-state index contributed by atoms with van der Waals surface area (Å²) in [7, 11) is 1.22. The number of esters is 1. The number of methoxy groups -OCH3 is 1. The van der Waals surface area contributed by atoms with E-state index < -0.39 is 24.5 Å². The van der Waals surface area contributed by atoms with Gasteiger partial charge in [0.15, 0.2) is 6.04 Å². The Labute approximate surface area is 206 Å². The summed E-state index contributed by atoms with van der Waals surface area (Å²) in [5, 5.41) is 18.3. The lowest BCUT2D eigenvalue weighted by Gasteiger charge is -2.32. The van der Waals surface area contributed by atoms with Crippen molar-refractivity contribution in [2.45, 2.75) is 56.7 Å². The highest BCUT2D eigenvalue weighted by atomic mass is 16.5. The molecule has 35 heavy (non-hydrogen) atoms. The van der Waals surface area contributed by atoms with Crippen LogP contribution in [-0.2, 0) is 9.53 Å². The average molecular weight is 475 g/mol. The van der Waals surface area contributed by atoms with Crippen LogP contribution in [-0.4, -0.2) is 42.8 Å². The zero-order chi connectivity index (χ0) is 24.8. The maximum Gasteiger partial charge on any atom is 0.330 e. The lowest BCUT2D eigenvalue weighted by molar-refractivity contribution is -0.143. The van der Waals surface area contributed by atoms with Crippen LogP contribution in [0.3, 0.4) is 0 Å². The summed E-state index contributed by atoms with van der Waals surface area (Å²) < 4.78 is 4.61. The number of fused-ring (bicyclic) bond motifs is 1. The van der Waals surface area contributed by atoms with Crippen LogP contribution in [0.1, 0.15) is 66.1 Å². The second-order valence-electron chi connectivity index (χ2n) is 9.37. The van der Waals surface area contributed by atoms with Crippen molar-refractivity contribution in [3.8, 4) is 0 Å². The Bertz CT molecular complexity index is 1160. The van der Waals surface area contributed by atoms with Gasteiger partial charge < -0.3 is 20.5 Å². The molecule has 0 bridgehead atoms. The van der Waals surface area contributed by atoms with Gasteiger partial charge >= 0.3 is 5.97 Å². The predicted molar refractivity (Wildman–Crippen MR) is 137 cm³/mol. The van der Waals surface area contributed by atoms with Crippen molar-refractivity contribution in [1.29, 1.82) is 0 Å². The molecule has 3 aromatic carbocycles. The van der Waals surface area contributed by atoms with Crippen molar-refractivity contribution in [3.05, 3.63) is 83.4 Å². The summed E-state index contributed by atoms with van der Waals surface area (Å²) in [5.41, 5.74) is 3.00. The SMILES string of the molecule is COC(=O)[C@H](CO)NC(=O)c1ccc([C@H]2CCC[C@H](N[C@H](C)c3cccc4ccccc34)C2)cc1. The fraction of sp³-hybridized carbons (Fsp3) is 0.379. The van der Waals surface area contributed by atoms with E-state index in [2.05, 4.69) is 64.8 Å². The van der Waals surface area contributed by atoms with Crippen molar-refractivity contribution in [2.24, 2.45) is 0 Å². The Kier molecular flexibility index (Phi) is 8.16. The number of aliphatic hydroxyl groups excluding tert-OH is 1. The minimum absolute atomic E-state index is 0.255. The van der Waals surface area contributed by atoms with Gasteiger partial charge in [0.2, 0.25) is 0 Å². The molecule has 3 N–H and O–H groups in total. The molecule has 1 fully saturated rings. The maximum absolute atomic E-state index is 12.5. The first-order valence-electron chi connectivity index (χ1n) is 12.3. The van der Waals surface area contributed by atoms with E-state index in [4.69, 9.17) is 0 Å². The first-order valence-corrected chi connectivity index (χ1v) is 12.3. The van der Waals surface area contributed by atoms with Gasteiger partial charge in [0, 0.05) is 17.6 Å². The van der Waals surface area contributed by atoms with E-state index in [9.17, 15) is 14.7 Å². The second-order valence-corrected chi connectivity index (χ2v) is 9.37. The molecule has 6 nitrogen and oxygen atoms in total. The van der Waals surface area contributed by atoms with Gasteiger partial charge in [0.25, 0.3) is 5.91 Å². The van der Waals surface area contributed by atoms with Crippen molar-refractivity contribution in [3.63, 3.8) is 0 Å². The first kappa shape index (κ1) is 24.9. The van der Waals surface area contributed by atoms with E-state index in [1.54, 1.807) is 12.1 Å². The molecule has 0 aromatic heterocycles. The fourth-order valence-electron chi connectivity index (χ4n) is 5.18. The Morgan fingerprint density at radius 1 is 1.03 bits per heavy atom. The van der Waals surface area contributed by atoms with E-state index in [0.717, 1.165) is 25.7 Å². The summed E-state index contributed by atoms with van der Waals surface area (Å²) in [6.45, 7) is 1.73. The first-order chi connectivity index (χ1) is 17.0. The third-order valence-corrected chi connectivity index (χ3v) is 7.07. The van der Waals surface area contributed by atoms with Crippen molar-refractivity contribution < 1.29 is 19.4 Å². The molecule has 1 amide bonds. The Morgan fingerprint density at radius 2 is 1.77 bits per heavy atom. The smallest absolute Gasteiger partial charge is 0.330 e. The zero-order valence-corrected chi connectivity index (χ0v) is 20.4. The Balaban J connectivity index is 1.39. The van der Waals surface area contributed by atoms with Crippen molar-refractivity contribution in [1.82, 2.24) is 10.6 Å². The maximum atomic E-state index is 12.5. The lowest BCUT2D eigenvalue weighted by Crippen LogP contribution is -2.44. The van der Waals surface area contributed by atoms with Gasteiger partial charge in [-0.15, -0.1) is 0 Å². The van der Waals surface area contributed by atoms with Crippen molar-refractivity contribution >= 4 is 22.6 Å². The lowest BCUT2D eigenvalue weighted by atomic mass is 9.80. The Hall–Kier alpha value is -3.22. The minimum atomic E-state index is -1.07.